The smallest absolute Gasteiger partial charge is 0.237 e. The highest BCUT2D eigenvalue weighted by atomic mass is 35.5. The maximum Gasteiger partial charge on any atom is 0.237 e. The largest absolute Gasteiger partial charge is 0.368 e. The molecule has 2 N–H and O–H groups in total. The van der Waals surface area contributed by atoms with E-state index in [0.717, 1.165) is 0 Å². The molecule has 6 heteroatoms. The van der Waals surface area contributed by atoms with Gasteiger partial charge in [0.1, 0.15) is 18.2 Å². The van der Waals surface area contributed by atoms with Gasteiger partial charge in [-0.2, -0.15) is 0 Å². The molecule has 1 heterocycles. The number of halogens is 2. The van der Waals surface area contributed by atoms with E-state index in [0.29, 0.717) is 16.9 Å². The van der Waals surface area contributed by atoms with Crippen molar-refractivity contribution in [2.75, 3.05) is 0 Å². The quantitative estimate of drug-likeness (QED) is 0.826. The van der Waals surface area contributed by atoms with Crippen LogP contribution in [0.15, 0.2) is 18.2 Å². The Morgan fingerprint density at radius 2 is 2.31 bits per heavy atom. The van der Waals surface area contributed by atoms with Crippen molar-refractivity contribution in [3.05, 3.63) is 29.8 Å². The van der Waals surface area contributed by atoms with Crippen LogP contribution in [0.1, 0.15) is 5.82 Å². The van der Waals surface area contributed by atoms with Crippen molar-refractivity contribution in [1.82, 2.24) is 9.55 Å². The van der Waals surface area contributed by atoms with Crippen molar-refractivity contribution in [3.8, 4) is 0 Å². The fourth-order valence-electron chi connectivity index (χ4n) is 1.58. The topological polar surface area (TPSA) is 60.9 Å². The number of amides is 1. The van der Waals surface area contributed by atoms with E-state index in [4.69, 9.17) is 17.3 Å². The lowest BCUT2D eigenvalue weighted by Crippen LogP contribution is -2.19. The summed E-state index contributed by atoms with van der Waals surface area (Å²) >= 11 is 5.70. The molecule has 2 aromatic rings. The molecule has 0 aliphatic carbocycles. The molecule has 1 aromatic heterocycles. The predicted octanol–water partition coefficient (Wildman–Crippen LogP) is 1.40. The number of primary amides is 1. The molecule has 1 aromatic carbocycles. The number of rotatable bonds is 3. The lowest BCUT2D eigenvalue weighted by molar-refractivity contribution is -0.118. The standard InChI is InChI=1S/C10H9ClFN3O/c11-4-10-14-7-2-1-6(12)3-8(7)15(10)5-9(13)16/h1-3H,4-5H2,(H2,13,16). The number of carbonyl (C=O) groups is 1. The van der Waals surface area contributed by atoms with Crippen LogP contribution in [0.5, 0.6) is 0 Å². The molecule has 4 nitrogen and oxygen atoms in total. The second-order valence-electron chi connectivity index (χ2n) is 3.35. The average molecular weight is 242 g/mol. The molecule has 0 fully saturated rings. The molecule has 0 atom stereocenters. The molecule has 2 rings (SSSR count). The number of aromatic nitrogens is 2. The Labute approximate surface area is 95.8 Å². The van der Waals surface area contributed by atoms with E-state index in [2.05, 4.69) is 4.98 Å². The number of carbonyl (C=O) groups excluding carboxylic acids is 1. The molecule has 84 valence electrons. The Bertz CT molecular complexity index is 552. The summed E-state index contributed by atoms with van der Waals surface area (Å²) in [6.07, 6.45) is 0. The number of alkyl halides is 1. The highest BCUT2D eigenvalue weighted by Gasteiger charge is 2.12. The third-order valence-electron chi connectivity index (χ3n) is 2.22. The van der Waals surface area contributed by atoms with Crippen molar-refractivity contribution in [3.63, 3.8) is 0 Å². The second kappa shape index (κ2) is 4.09. The third-order valence-corrected chi connectivity index (χ3v) is 2.46. The van der Waals surface area contributed by atoms with E-state index in [1.165, 1.54) is 22.8 Å². The fraction of sp³-hybridized carbons (Fsp3) is 0.200. The van der Waals surface area contributed by atoms with Gasteiger partial charge in [0.15, 0.2) is 0 Å². The van der Waals surface area contributed by atoms with Crippen LogP contribution in [-0.2, 0) is 17.2 Å². The van der Waals surface area contributed by atoms with E-state index in [1.807, 2.05) is 0 Å². The average Bonchev–Trinajstić information content (AvgIpc) is 2.56. The zero-order chi connectivity index (χ0) is 11.7. The van der Waals surface area contributed by atoms with Crippen LogP contribution < -0.4 is 5.73 Å². The summed E-state index contributed by atoms with van der Waals surface area (Å²) in [7, 11) is 0. The van der Waals surface area contributed by atoms with E-state index < -0.39 is 5.91 Å². The lowest BCUT2D eigenvalue weighted by Gasteiger charge is -2.03. The molecule has 0 unspecified atom stereocenters. The van der Waals surface area contributed by atoms with E-state index in [1.54, 1.807) is 0 Å². The molecule has 0 radical (unpaired) electrons. The van der Waals surface area contributed by atoms with Gasteiger partial charge in [0.2, 0.25) is 5.91 Å². The molecular weight excluding hydrogens is 233 g/mol. The van der Waals surface area contributed by atoms with Crippen molar-refractivity contribution >= 4 is 28.5 Å². The monoisotopic (exact) mass is 241 g/mol. The fourth-order valence-corrected chi connectivity index (χ4v) is 1.78. The molecule has 16 heavy (non-hydrogen) atoms. The van der Waals surface area contributed by atoms with Gasteiger partial charge >= 0.3 is 0 Å². The first kappa shape index (κ1) is 10.9. The Balaban J connectivity index is 2.65. The third kappa shape index (κ3) is 1.86. The Hall–Kier alpha value is -1.62. The minimum absolute atomic E-state index is 0.0536. The summed E-state index contributed by atoms with van der Waals surface area (Å²) < 4.78 is 14.6. The maximum absolute atomic E-state index is 13.1. The first-order valence-corrected chi connectivity index (χ1v) is 5.14. The summed E-state index contributed by atoms with van der Waals surface area (Å²) in [5.41, 5.74) is 6.23. The van der Waals surface area contributed by atoms with Crippen LogP contribution >= 0.6 is 11.6 Å². The van der Waals surface area contributed by atoms with E-state index in [9.17, 15) is 9.18 Å². The van der Waals surface area contributed by atoms with Crippen molar-refractivity contribution in [1.29, 1.82) is 0 Å². The van der Waals surface area contributed by atoms with Crippen molar-refractivity contribution in [2.45, 2.75) is 12.4 Å². The zero-order valence-electron chi connectivity index (χ0n) is 8.28. The van der Waals surface area contributed by atoms with Gasteiger partial charge in [-0.15, -0.1) is 11.6 Å². The Morgan fingerprint density at radius 1 is 1.56 bits per heavy atom. The number of hydrogen-bond acceptors (Lipinski definition) is 2. The SMILES string of the molecule is NC(=O)Cn1c(CCl)nc2ccc(F)cc21. The van der Waals surface area contributed by atoms with Gasteiger partial charge in [-0.25, -0.2) is 9.37 Å². The van der Waals surface area contributed by atoms with Crippen LogP contribution in [0.4, 0.5) is 4.39 Å². The number of nitrogens with two attached hydrogens (primary N) is 1. The van der Waals surface area contributed by atoms with Crippen LogP contribution in [-0.4, -0.2) is 15.5 Å². The molecule has 0 saturated heterocycles. The van der Waals surface area contributed by atoms with Crippen LogP contribution in [0.3, 0.4) is 0 Å². The Morgan fingerprint density at radius 3 is 2.94 bits per heavy atom. The number of hydrogen-bond donors (Lipinski definition) is 1. The minimum Gasteiger partial charge on any atom is -0.368 e. The molecule has 0 aliphatic rings. The summed E-state index contributed by atoms with van der Waals surface area (Å²) in [6, 6.07) is 4.15. The summed E-state index contributed by atoms with van der Waals surface area (Å²) in [5.74, 6) is -0.265. The molecule has 1 amide bonds. The van der Waals surface area contributed by atoms with Crippen LogP contribution in [0.2, 0.25) is 0 Å². The van der Waals surface area contributed by atoms with E-state index in [-0.39, 0.29) is 18.2 Å². The van der Waals surface area contributed by atoms with Gasteiger partial charge in [0.05, 0.1) is 16.9 Å². The lowest BCUT2D eigenvalue weighted by atomic mass is 10.3. The summed E-state index contributed by atoms with van der Waals surface area (Å²) in [5, 5.41) is 0. The number of benzene rings is 1. The van der Waals surface area contributed by atoms with Crippen LogP contribution in [0, 0.1) is 5.82 Å². The van der Waals surface area contributed by atoms with Gasteiger partial charge in [0, 0.05) is 0 Å². The molecular formula is C10H9ClFN3O. The minimum atomic E-state index is -0.519. The normalized spacial score (nSPS) is 10.9. The van der Waals surface area contributed by atoms with Gasteiger partial charge in [-0.1, -0.05) is 0 Å². The first-order valence-electron chi connectivity index (χ1n) is 4.60. The summed E-state index contributed by atoms with van der Waals surface area (Å²) in [6.45, 7) is -0.0536. The maximum atomic E-state index is 13.1. The summed E-state index contributed by atoms with van der Waals surface area (Å²) in [4.78, 5) is 15.1. The number of fused-ring (bicyclic) bond motifs is 1. The first-order chi connectivity index (χ1) is 7.61. The van der Waals surface area contributed by atoms with Crippen LogP contribution in [0.25, 0.3) is 11.0 Å². The highest BCUT2D eigenvalue weighted by Crippen LogP contribution is 2.18. The van der Waals surface area contributed by atoms with Gasteiger partial charge in [-0.3, -0.25) is 4.79 Å². The van der Waals surface area contributed by atoms with Gasteiger partial charge in [-0.05, 0) is 18.2 Å². The second-order valence-corrected chi connectivity index (χ2v) is 3.61. The van der Waals surface area contributed by atoms with E-state index >= 15 is 0 Å². The molecule has 0 bridgehead atoms. The highest BCUT2D eigenvalue weighted by molar-refractivity contribution is 6.16. The van der Waals surface area contributed by atoms with Gasteiger partial charge < -0.3 is 10.3 Å². The zero-order valence-corrected chi connectivity index (χ0v) is 9.04. The van der Waals surface area contributed by atoms with Crippen molar-refractivity contribution < 1.29 is 9.18 Å². The van der Waals surface area contributed by atoms with Crippen molar-refractivity contribution in [2.24, 2.45) is 5.73 Å². The predicted molar refractivity (Wildman–Crippen MR) is 58.4 cm³/mol. The molecule has 0 saturated carbocycles. The van der Waals surface area contributed by atoms with Gasteiger partial charge in [0.25, 0.3) is 0 Å². The Kier molecular flexibility index (Phi) is 2.78. The number of imidazole rings is 1. The molecule has 0 aliphatic heterocycles. The molecule has 0 spiro atoms. The number of nitrogens with zero attached hydrogens (tertiary/aromatic N) is 2.